The van der Waals surface area contributed by atoms with Crippen molar-refractivity contribution < 1.29 is 80.2 Å². The van der Waals surface area contributed by atoms with Crippen LogP contribution in [0.2, 0.25) is 0 Å². The molecule has 93 heavy (non-hydrogen) atoms. The van der Waals surface area contributed by atoms with Gasteiger partial charge in [0, 0.05) is 25.7 Å². The van der Waals surface area contributed by atoms with Crippen molar-refractivity contribution in [3.05, 3.63) is 0 Å². The molecule has 552 valence electrons. The Hall–Kier alpha value is -1.94. The second-order valence-electron chi connectivity index (χ2n) is 27.9. The van der Waals surface area contributed by atoms with E-state index >= 15 is 0 Å². The third-order valence-corrected chi connectivity index (χ3v) is 19.4. The highest BCUT2D eigenvalue weighted by Gasteiger charge is 2.30. The van der Waals surface area contributed by atoms with Crippen molar-refractivity contribution in [1.82, 2.24) is 0 Å². The van der Waals surface area contributed by atoms with Gasteiger partial charge in [0.15, 0.2) is 12.2 Å². The number of phosphoric acid groups is 2. The van der Waals surface area contributed by atoms with E-state index in [4.69, 9.17) is 37.0 Å². The molecule has 0 aliphatic rings. The number of phosphoric ester groups is 2. The highest BCUT2D eigenvalue weighted by Crippen LogP contribution is 2.45. The van der Waals surface area contributed by atoms with Crippen LogP contribution in [0.5, 0.6) is 0 Å². The van der Waals surface area contributed by atoms with Crippen molar-refractivity contribution in [1.29, 1.82) is 0 Å². The molecule has 0 rings (SSSR count). The van der Waals surface area contributed by atoms with Gasteiger partial charge >= 0.3 is 39.5 Å². The zero-order chi connectivity index (χ0) is 68.7. The van der Waals surface area contributed by atoms with Gasteiger partial charge in [-0.15, -0.1) is 0 Å². The second kappa shape index (κ2) is 64.7. The molecule has 0 bridgehead atoms. The van der Waals surface area contributed by atoms with Crippen LogP contribution < -0.4 is 0 Å². The normalized spacial score (nSPS) is 14.4. The average molecular weight is 1370 g/mol. The van der Waals surface area contributed by atoms with Gasteiger partial charge in [-0.2, -0.15) is 0 Å². The number of carbonyl (C=O) groups is 4. The Morgan fingerprint density at radius 3 is 0.817 bits per heavy atom. The first-order chi connectivity index (χ1) is 44.8. The van der Waals surface area contributed by atoms with E-state index in [1.54, 1.807) is 0 Å². The van der Waals surface area contributed by atoms with Crippen LogP contribution in [-0.2, 0) is 65.4 Å². The number of aliphatic hydroxyl groups excluding tert-OH is 1. The molecule has 0 aromatic carbocycles. The summed E-state index contributed by atoms with van der Waals surface area (Å²) in [6, 6.07) is 0. The quantitative estimate of drug-likeness (QED) is 0.0222. The smallest absolute Gasteiger partial charge is 0.462 e. The number of rotatable bonds is 72. The monoisotopic (exact) mass is 1370 g/mol. The minimum Gasteiger partial charge on any atom is -0.462 e. The molecule has 0 radical (unpaired) electrons. The fourth-order valence-electron chi connectivity index (χ4n) is 11.2. The van der Waals surface area contributed by atoms with Gasteiger partial charge in [-0.25, -0.2) is 9.13 Å². The molecule has 0 aromatic rings. The molecular weight excluding hydrogens is 1220 g/mol. The average Bonchev–Trinajstić information content (AvgIpc) is 2.22. The first-order valence-corrected chi connectivity index (χ1v) is 41.4. The van der Waals surface area contributed by atoms with Gasteiger partial charge in [0.1, 0.15) is 19.3 Å². The summed E-state index contributed by atoms with van der Waals surface area (Å²) in [4.78, 5) is 72.7. The van der Waals surface area contributed by atoms with E-state index < -0.39 is 97.5 Å². The molecule has 0 saturated carbocycles. The number of carbonyl (C=O) groups excluding carboxylic acids is 4. The second-order valence-corrected chi connectivity index (χ2v) is 30.8. The summed E-state index contributed by atoms with van der Waals surface area (Å²) in [5.41, 5.74) is 0. The molecular formula is C74H144O17P2. The van der Waals surface area contributed by atoms with Crippen molar-refractivity contribution >= 4 is 39.5 Å². The van der Waals surface area contributed by atoms with Crippen LogP contribution >= 0.6 is 15.6 Å². The lowest BCUT2D eigenvalue weighted by atomic mass is 9.99. The summed E-state index contributed by atoms with van der Waals surface area (Å²) in [6.45, 7) is 11.9. The number of ether oxygens (including phenoxy) is 4. The maximum Gasteiger partial charge on any atom is 0.472 e. The van der Waals surface area contributed by atoms with Crippen molar-refractivity contribution in [3.63, 3.8) is 0 Å². The molecule has 3 N–H and O–H groups in total. The predicted molar refractivity (Wildman–Crippen MR) is 377 cm³/mol. The minimum absolute atomic E-state index is 0.107. The fraction of sp³-hybridized carbons (Fsp3) is 0.946. The molecule has 0 amide bonds. The largest absolute Gasteiger partial charge is 0.472 e. The maximum absolute atomic E-state index is 13.1. The van der Waals surface area contributed by atoms with Crippen LogP contribution in [-0.4, -0.2) is 96.7 Å². The van der Waals surface area contributed by atoms with E-state index in [0.29, 0.717) is 31.6 Å². The molecule has 0 saturated heterocycles. The Labute approximate surface area is 568 Å². The summed E-state index contributed by atoms with van der Waals surface area (Å²) in [7, 11) is -9.91. The van der Waals surface area contributed by atoms with Crippen LogP contribution in [0, 0.1) is 17.8 Å². The molecule has 0 aromatic heterocycles. The van der Waals surface area contributed by atoms with Gasteiger partial charge < -0.3 is 33.8 Å². The lowest BCUT2D eigenvalue weighted by Crippen LogP contribution is -2.30. The Balaban J connectivity index is 5.25. The molecule has 0 aliphatic heterocycles. The fourth-order valence-corrected chi connectivity index (χ4v) is 12.8. The van der Waals surface area contributed by atoms with E-state index in [2.05, 4.69) is 48.5 Å². The lowest BCUT2D eigenvalue weighted by molar-refractivity contribution is -0.161. The van der Waals surface area contributed by atoms with Gasteiger partial charge in [0.05, 0.1) is 26.4 Å². The van der Waals surface area contributed by atoms with E-state index in [-0.39, 0.29) is 25.7 Å². The van der Waals surface area contributed by atoms with E-state index in [0.717, 1.165) is 108 Å². The number of esters is 4. The van der Waals surface area contributed by atoms with Crippen LogP contribution in [0.1, 0.15) is 376 Å². The highest BCUT2D eigenvalue weighted by molar-refractivity contribution is 7.47. The molecule has 3 unspecified atom stereocenters. The highest BCUT2D eigenvalue weighted by atomic mass is 31.2. The SMILES string of the molecule is CCCCCCCCCCCCCCCCC(=O)O[C@H](COC(=O)CCCCCCCCC(C)C)COP(=O)(O)OC[C@H](O)COP(=O)(O)OC[C@@H](COC(=O)CCCCCCCCCCCCC(C)CC)OC(=O)CCCCCCCCCCCCCCCC(C)C. The number of unbranched alkanes of at least 4 members (excludes halogenated alkanes) is 39. The number of hydrogen-bond acceptors (Lipinski definition) is 15. The van der Waals surface area contributed by atoms with Crippen LogP contribution in [0.25, 0.3) is 0 Å². The summed E-state index contributed by atoms with van der Waals surface area (Å²) in [5, 5.41) is 10.6. The van der Waals surface area contributed by atoms with Crippen molar-refractivity contribution in [3.8, 4) is 0 Å². The standard InChI is InChI=1S/C74H144O17P2/c1-8-10-11-12-13-14-15-16-19-22-29-34-43-50-57-74(79)91-70(62-85-72(77)56-49-42-37-36-39-46-53-66(5)6)64-89-93(82,83)87-60-68(75)59-86-92(80,81)88-63-69(61-84-71(76)55-48-41-33-28-25-24-27-32-40-47-54-67(7)9-2)90-73(78)58-51-44-35-30-23-20-17-18-21-26-31-38-45-52-65(3)4/h65-70,75H,8-64H2,1-7H3,(H,80,81)(H,82,83)/t67?,68-,69-,70-/m1/s1. The first kappa shape index (κ1) is 91.1. The van der Waals surface area contributed by atoms with Crippen molar-refractivity contribution in [2.24, 2.45) is 17.8 Å². The van der Waals surface area contributed by atoms with Crippen molar-refractivity contribution in [2.45, 2.75) is 394 Å². The molecule has 0 aliphatic carbocycles. The molecule has 17 nitrogen and oxygen atoms in total. The predicted octanol–water partition coefficient (Wildman–Crippen LogP) is 21.4. The molecule has 0 spiro atoms. The Morgan fingerprint density at radius 1 is 0.312 bits per heavy atom. The Kier molecular flexibility index (Phi) is 63.4. The first-order valence-electron chi connectivity index (χ1n) is 38.4. The zero-order valence-corrected chi connectivity index (χ0v) is 62.5. The molecule has 19 heteroatoms. The van der Waals surface area contributed by atoms with Gasteiger partial charge in [-0.3, -0.25) is 37.3 Å². The lowest BCUT2D eigenvalue weighted by Gasteiger charge is -2.21. The number of hydrogen-bond donors (Lipinski definition) is 3. The molecule has 0 fully saturated rings. The van der Waals surface area contributed by atoms with Gasteiger partial charge in [0.2, 0.25) is 0 Å². The van der Waals surface area contributed by atoms with E-state index in [1.807, 2.05) is 0 Å². The van der Waals surface area contributed by atoms with Crippen molar-refractivity contribution in [2.75, 3.05) is 39.6 Å². The van der Waals surface area contributed by atoms with Crippen LogP contribution in [0.3, 0.4) is 0 Å². The third kappa shape index (κ3) is 67.0. The zero-order valence-electron chi connectivity index (χ0n) is 60.7. The Bertz CT molecular complexity index is 1820. The van der Waals surface area contributed by atoms with E-state index in [9.17, 15) is 43.2 Å². The van der Waals surface area contributed by atoms with Gasteiger partial charge in [-0.05, 0) is 43.4 Å². The van der Waals surface area contributed by atoms with Gasteiger partial charge in [-0.1, -0.05) is 325 Å². The van der Waals surface area contributed by atoms with Crippen LogP contribution in [0.15, 0.2) is 0 Å². The van der Waals surface area contributed by atoms with Gasteiger partial charge in [0.25, 0.3) is 0 Å². The minimum atomic E-state index is -4.96. The third-order valence-electron chi connectivity index (χ3n) is 17.5. The topological polar surface area (TPSA) is 237 Å². The van der Waals surface area contributed by atoms with E-state index in [1.165, 1.54) is 180 Å². The van der Waals surface area contributed by atoms with Crippen LogP contribution in [0.4, 0.5) is 0 Å². The summed E-state index contributed by atoms with van der Waals surface area (Å²) in [5.74, 6) is 0.155. The number of aliphatic hydroxyl groups is 1. The maximum atomic E-state index is 13.1. The molecule has 6 atom stereocenters. The summed E-state index contributed by atoms with van der Waals surface area (Å²) in [6.07, 6.45) is 49.9. The molecule has 0 heterocycles. The summed E-state index contributed by atoms with van der Waals surface area (Å²) >= 11 is 0. The summed E-state index contributed by atoms with van der Waals surface area (Å²) < 4.78 is 68.4. The Morgan fingerprint density at radius 2 is 0.548 bits per heavy atom.